The molecule has 0 aliphatic rings. The minimum Gasteiger partial charge on any atom is -0.494 e. The van der Waals surface area contributed by atoms with Crippen molar-refractivity contribution >= 4 is 11.9 Å². The van der Waals surface area contributed by atoms with Gasteiger partial charge in [-0.2, -0.15) is 0 Å². The van der Waals surface area contributed by atoms with Crippen LogP contribution in [-0.2, 0) is 9.53 Å². The number of rotatable bonds is 6. The summed E-state index contributed by atoms with van der Waals surface area (Å²) in [6.07, 6.45) is 0.166. The van der Waals surface area contributed by atoms with Crippen molar-refractivity contribution in [3.8, 4) is 5.75 Å². The number of benzene rings is 1. The largest absolute Gasteiger partial charge is 0.494 e. The van der Waals surface area contributed by atoms with Crippen molar-refractivity contribution in [2.24, 2.45) is 0 Å². The number of nitrogens with one attached hydrogen (secondary N) is 1. The highest BCUT2D eigenvalue weighted by molar-refractivity contribution is 5.94. The molecule has 0 saturated carbocycles. The zero-order chi connectivity index (χ0) is 13.4. The maximum atomic E-state index is 11.7. The van der Waals surface area contributed by atoms with E-state index in [2.05, 4.69) is 10.1 Å². The van der Waals surface area contributed by atoms with Crippen molar-refractivity contribution in [2.45, 2.75) is 13.3 Å². The van der Waals surface area contributed by atoms with E-state index >= 15 is 0 Å². The van der Waals surface area contributed by atoms with Crippen molar-refractivity contribution in [3.63, 3.8) is 0 Å². The lowest BCUT2D eigenvalue weighted by atomic mass is 10.2. The summed E-state index contributed by atoms with van der Waals surface area (Å²) in [4.78, 5) is 22.5. The third kappa shape index (κ3) is 4.45. The molecule has 0 radical (unpaired) electrons. The Morgan fingerprint density at radius 1 is 1.22 bits per heavy atom. The van der Waals surface area contributed by atoms with Crippen LogP contribution >= 0.6 is 0 Å². The van der Waals surface area contributed by atoms with E-state index < -0.39 is 0 Å². The van der Waals surface area contributed by atoms with Crippen LogP contribution in [0.5, 0.6) is 5.75 Å². The van der Waals surface area contributed by atoms with E-state index in [9.17, 15) is 9.59 Å². The number of amides is 1. The Kier molecular flexibility index (Phi) is 5.70. The Morgan fingerprint density at radius 2 is 1.89 bits per heavy atom. The van der Waals surface area contributed by atoms with E-state index in [1.165, 1.54) is 7.11 Å². The summed E-state index contributed by atoms with van der Waals surface area (Å²) in [6, 6.07) is 6.83. The predicted molar refractivity (Wildman–Crippen MR) is 66.6 cm³/mol. The fourth-order valence-electron chi connectivity index (χ4n) is 1.35. The average Bonchev–Trinajstić information content (AvgIpc) is 2.39. The van der Waals surface area contributed by atoms with Gasteiger partial charge in [-0.25, -0.2) is 0 Å². The molecule has 1 amide bonds. The van der Waals surface area contributed by atoms with E-state index in [-0.39, 0.29) is 24.8 Å². The van der Waals surface area contributed by atoms with Crippen LogP contribution in [0.1, 0.15) is 23.7 Å². The molecular weight excluding hydrogens is 234 g/mol. The van der Waals surface area contributed by atoms with E-state index in [0.717, 1.165) is 5.75 Å². The molecule has 0 fully saturated rings. The van der Waals surface area contributed by atoms with Crippen molar-refractivity contribution < 1.29 is 19.1 Å². The second-order valence-electron chi connectivity index (χ2n) is 3.54. The van der Waals surface area contributed by atoms with Crippen LogP contribution in [-0.4, -0.2) is 32.1 Å². The minimum atomic E-state index is -0.345. The van der Waals surface area contributed by atoms with Crippen molar-refractivity contribution in [1.82, 2.24) is 5.32 Å². The zero-order valence-corrected chi connectivity index (χ0v) is 10.6. The van der Waals surface area contributed by atoms with Gasteiger partial charge in [0.2, 0.25) is 0 Å². The van der Waals surface area contributed by atoms with Crippen molar-refractivity contribution in [1.29, 1.82) is 0 Å². The summed E-state index contributed by atoms with van der Waals surface area (Å²) in [5.74, 6) is 0.160. The lowest BCUT2D eigenvalue weighted by Crippen LogP contribution is -2.26. The second kappa shape index (κ2) is 7.32. The number of carbonyl (C=O) groups is 2. The number of methoxy groups -OCH3 is 1. The fraction of sp³-hybridized carbons (Fsp3) is 0.385. The lowest BCUT2D eigenvalue weighted by molar-refractivity contribution is -0.140. The molecule has 1 aromatic rings. The molecule has 5 nitrogen and oxygen atoms in total. The summed E-state index contributed by atoms with van der Waals surface area (Å²) in [6.45, 7) is 2.75. The van der Waals surface area contributed by atoms with E-state index in [1.807, 2.05) is 6.92 Å². The highest BCUT2D eigenvalue weighted by Crippen LogP contribution is 2.11. The summed E-state index contributed by atoms with van der Waals surface area (Å²) in [7, 11) is 1.32. The molecule has 0 unspecified atom stereocenters. The molecule has 0 saturated heterocycles. The summed E-state index contributed by atoms with van der Waals surface area (Å²) >= 11 is 0. The molecule has 0 atom stereocenters. The molecule has 0 aliphatic carbocycles. The molecule has 18 heavy (non-hydrogen) atoms. The molecule has 5 heteroatoms. The molecule has 1 N–H and O–H groups in total. The first kappa shape index (κ1) is 14.0. The van der Waals surface area contributed by atoms with E-state index in [0.29, 0.717) is 12.2 Å². The van der Waals surface area contributed by atoms with Gasteiger partial charge in [-0.3, -0.25) is 9.59 Å². The average molecular weight is 251 g/mol. The molecule has 1 aromatic carbocycles. The SMILES string of the molecule is CCOc1ccc(C(=O)NCCC(=O)OC)cc1. The summed E-state index contributed by atoms with van der Waals surface area (Å²) in [5.41, 5.74) is 0.531. The summed E-state index contributed by atoms with van der Waals surface area (Å²) < 4.78 is 9.75. The minimum absolute atomic E-state index is 0.166. The normalized spacial score (nSPS) is 9.67. The first-order valence-electron chi connectivity index (χ1n) is 5.75. The first-order valence-corrected chi connectivity index (χ1v) is 5.75. The summed E-state index contributed by atoms with van der Waals surface area (Å²) in [5, 5.41) is 2.64. The molecule has 0 spiro atoms. The highest BCUT2D eigenvalue weighted by Gasteiger charge is 2.06. The number of hydrogen-bond donors (Lipinski definition) is 1. The van der Waals surface area contributed by atoms with Gasteiger partial charge in [0.15, 0.2) is 0 Å². The zero-order valence-electron chi connectivity index (χ0n) is 10.6. The van der Waals surface area contributed by atoms with Crippen LogP contribution in [0.15, 0.2) is 24.3 Å². The maximum Gasteiger partial charge on any atom is 0.307 e. The fourth-order valence-corrected chi connectivity index (χ4v) is 1.35. The van der Waals surface area contributed by atoms with Crippen LogP contribution in [0, 0.1) is 0 Å². The highest BCUT2D eigenvalue weighted by atomic mass is 16.5. The van der Waals surface area contributed by atoms with Crippen molar-refractivity contribution in [3.05, 3.63) is 29.8 Å². The second-order valence-corrected chi connectivity index (χ2v) is 3.54. The predicted octanol–water partition coefficient (Wildman–Crippen LogP) is 1.38. The van der Waals surface area contributed by atoms with Crippen LogP contribution in [0.2, 0.25) is 0 Å². The maximum absolute atomic E-state index is 11.7. The van der Waals surface area contributed by atoms with Gasteiger partial charge in [0.1, 0.15) is 5.75 Å². The quantitative estimate of drug-likeness (QED) is 0.776. The van der Waals surface area contributed by atoms with E-state index in [4.69, 9.17) is 4.74 Å². The Morgan fingerprint density at radius 3 is 2.44 bits per heavy atom. The topological polar surface area (TPSA) is 64.6 Å². The Hall–Kier alpha value is -2.04. The third-order valence-corrected chi connectivity index (χ3v) is 2.27. The Labute approximate surface area is 106 Å². The van der Waals surface area contributed by atoms with Gasteiger partial charge in [0.05, 0.1) is 20.1 Å². The first-order chi connectivity index (χ1) is 8.67. The Bertz CT molecular complexity index is 400. The molecule has 98 valence electrons. The van der Waals surface area contributed by atoms with Gasteiger partial charge in [0.25, 0.3) is 5.91 Å². The van der Waals surface area contributed by atoms with Gasteiger partial charge in [-0.05, 0) is 31.2 Å². The number of hydrogen-bond acceptors (Lipinski definition) is 4. The number of esters is 1. The monoisotopic (exact) mass is 251 g/mol. The molecule has 1 rings (SSSR count). The van der Waals surface area contributed by atoms with Crippen molar-refractivity contribution in [2.75, 3.05) is 20.3 Å². The molecule has 0 aromatic heterocycles. The van der Waals surface area contributed by atoms with Gasteiger partial charge >= 0.3 is 5.97 Å². The van der Waals surface area contributed by atoms with Gasteiger partial charge in [0, 0.05) is 12.1 Å². The van der Waals surface area contributed by atoms with Crippen LogP contribution in [0.25, 0.3) is 0 Å². The molecule has 0 aliphatic heterocycles. The molecule has 0 bridgehead atoms. The van der Waals surface area contributed by atoms with Crippen LogP contribution < -0.4 is 10.1 Å². The van der Waals surface area contributed by atoms with Crippen LogP contribution in [0.3, 0.4) is 0 Å². The van der Waals surface area contributed by atoms with Gasteiger partial charge in [-0.1, -0.05) is 0 Å². The van der Waals surface area contributed by atoms with Gasteiger partial charge in [-0.15, -0.1) is 0 Å². The van der Waals surface area contributed by atoms with Crippen LogP contribution in [0.4, 0.5) is 0 Å². The standard InChI is InChI=1S/C13H17NO4/c1-3-18-11-6-4-10(5-7-11)13(16)14-9-8-12(15)17-2/h4-7H,3,8-9H2,1-2H3,(H,14,16). The van der Waals surface area contributed by atoms with E-state index in [1.54, 1.807) is 24.3 Å². The Balaban J connectivity index is 2.44. The smallest absolute Gasteiger partial charge is 0.307 e. The van der Waals surface area contributed by atoms with Gasteiger partial charge < -0.3 is 14.8 Å². The molecule has 0 heterocycles. The lowest BCUT2D eigenvalue weighted by Gasteiger charge is -2.06. The molecular formula is C13H17NO4. The number of carbonyl (C=O) groups excluding carboxylic acids is 2. The number of ether oxygens (including phenoxy) is 2. The third-order valence-electron chi connectivity index (χ3n) is 2.27.